The first-order valence-electron chi connectivity index (χ1n) is 8.77. The summed E-state index contributed by atoms with van der Waals surface area (Å²) in [5.74, 6) is 0.0451. The number of hydrogen-bond acceptors (Lipinski definition) is 4. The molecule has 2 saturated heterocycles. The Morgan fingerprint density at radius 1 is 1.16 bits per heavy atom. The van der Waals surface area contributed by atoms with Crippen molar-refractivity contribution in [3.63, 3.8) is 0 Å². The van der Waals surface area contributed by atoms with Crippen molar-refractivity contribution in [1.82, 2.24) is 9.21 Å². The Kier molecular flexibility index (Phi) is 5.46. The minimum atomic E-state index is -3.16. The van der Waals surface area contributed by atoms with E-state index in [0.29, 0.717) is 45.6 Å². The van der Waals surface area contributed by atoms with Gasteiger partial charge in [-0.25, -0.2) is 12.7 Å². The lowest BCUT2D eigenvalue weighted by atomic mass is 9.95. The van der Waals surface area contributed by atoms with Crippen molar-refractivity contribution in [3.8, 4) is 0 Å². The molecule has 1 aromatic rings. The Morgan fingerprint density at radius 3 is 2.48 bits per heavy atom. The number of benzene rings is 1. The molecule has 0 N–H and O–H groups in total. The normalized spacial score (nSPS) is 23.6. The van der Waals surface area contributed by atoms with Gasteiger partial charge in [0.15, 0.2) is 0 Å². The van der Waals surface area contributed by atoms with Crippen LogP contribution in [0.4, 0.5) is 0 Å². The zero-order valence-corrected chi connectivity index (χ0v) is 15.7. The molecule has 0 radical (unpaired) electrons. The van der Waals surface area contributed by atoms with E-state index in [9.17, 15) is 13.2 Å². The predicted molar refractivity (Wildman–Crippen MR) is 95.6 cm³/mol. The van der Waals surface area contributed by atoms with Crippen molar-refractivity contribution < 1.29 is 17.9 Å². The van der Waals surface area contributed by atoms with Crippen LogP contribution in [0.15, 0.2) is 24.3 Å². The summed E-state index contributed by atoms with van der Waals surface area (Å²) in [6, 6.07) is 8.10. The van der Waals surface area contributed by atoms with Gasteiger partial charge in [0, 0.05) is 25.6 Å². The largest absolute Gasteiger partial charge is 0.370 e. The van der Waals surface area contributed by atoms with Crippen molar-refractivity contribution >= 4 is 15.9 Å². The Labute approximate surface area is 149 Å². The van der Waals surface area contributed by atoms with Crippen molar-refractivity contribution in [3.05, 3.63) is 35.4 Å². The van der Waals surface area contributed by atoms with Gasteiger partial charge in [0.05, 0.1) is 19.4 Å². The van der Waals surface area contributed by atoms with Crippen LogP contribution >= 0.6 is 0 Å². The van der Waals surface area contributed by atoms with Gasteiger partial charge in [-0.2, -0.15) is 0 Å². The second-order valence-electron chi connectivity index (χ2n) is 6.94. The highest BCUT2D eigenvalue weighted by molar-refractivity contribution is 7.88. The fraction of sp³-hybridized carbons (Fsp3) is 0.611. The zero-order valence-electron chi connectivity index (χ0n) is 14.8. The van der Waals surface area contributed by atoms with E-state index in [2.05, 4.69) is 19.1 Å². The number of sulfonamides is 1. The molecule has 1 unspecified atom stereocenters. The van der Waals surface area contributed by atoms with Gasteiger partial charge in [0.25, 0.3) is 0 Å². The summed E-state index contributed by atoms with van der Waals surface area (Å²) in [5, 5.41) is 0. The number of nitrogens with zero attached hydrogens (tertiary/aromatic N) is 2. The first-order chi connectivity index (χ1) is 11.9. The molecular weight excluding hydrogens is 340 g/mol. The first kappa shape index (κ1) is 18.4. The summed E-state index contributed by atoms with van der Waals surface area (Å²) in [5.41, 5.74) is 2.30. The average molecular weight is 366 g/mol. The third-order valence-corrected chi connectivity index (χ3v) is 6.49. The Bertz CT molecular complexity index is 726. The van der Waals surface area contributed by atoms with Gasteiger partial charge in [-0.05, 0) is 30.9 Å². The smallest absolute Gasteiger partial charge is 0.225 e. The molecule has 0 aliphatic carbocycles. The molecule has 2 heterocycles. The summed E-state index contributed by atoms with van der Waals surface area (Å²) in [7, 11) is -3.16. The Balaban J connectivity index is 1.62. The van der Waals surface area contributed by atoms with Crippen LogP contribution in [0.3, 0.4) is 0 Å². The zero-order chi connectivity index (χ0) is 18.0. The quantitative estimate of drug-likeness (QED) is 0.814. The van der Waals surface area contributed by atoms with Crippen LogP contribution in [-0.2, 0) is 19.6 Å². The molecule has 138 valence electrons. The lowest BCUT2D eigenvalue weighted by Crippen LogP contribution is -2.48. The van der Waals surface area contributed by atoms with E-state index >= 15 is 0 Å². The maximum Gasteiger partial charge on any atom is 0.225 e. The molecule has 0 saturated carbocycles. The third kappa shape index (κ3) is 4.22. The number of piperidine rings is 1. The maximum absolute atomic E-state index is 12.9. The molecule has 1 atom stereocenters. The monoisotopic (exact) mass is 366 g/mol. The van der Waals surface area contributed by atoms with Crippen LogP contribution in [0.25, 0.3) is 0 Å². The van der Waals surface area contributed by atoms with Gasteiger partial charge in [-0.15, -0.1) is 0 Å². The van der Waals surface area contributed by atoms with Crippen molar-refractivity contribution in [2.75, 3.05) is 39.0 Å². The van der Waals surface area contributed by atoms with Gasteiger partial charge < -0.3 is 9.64 Å². The molecule has 0 aromatic heterocycles. The number of aryl methyl sites for hydroxylation is 1. The molecular formula is C18H26N2O4S. The summed E-state index contributed by atoms with van der Waals surface area (Å²) < 4.78 is 30.6. The van der Waals surface area contributed by atoms with E-state index in [4.69, 9.17) is 4.74 Å². The lowest BCUT2D eigenvalue weighted by molar-refractivity contribution is -0.144. The number of amides is 1. The minimum absolute atomic E-state index is 0.0880. The van der Waals surface area contributed by atoms with E-state index in [-0.39, 0.29) is 17.9 Å². The molecule has 7 heteroatoms. The summed E-state index contributed by atoms with van der Waals surface area (Å²) in [4.78, 5) is 14.8. The highest BCUT2D eigenvalue weighted by atomic mass is 32.2. The summed E-state index contributed by atoms with van der Waals surface area (Å²) in [6.07, 6.45) is 2.33. The number of morpholine rings is 1. The third-order valence-electron chi connectivity index (χ3n) is 5.19. The van der Waals surface area contributed by atoms with Crippen LogP contribution in [0.5, 0.6) is 0 Å². The molecule has 1 amide bonds. The van der Waals surface area contributed by atoms with Gasteiger partial charge in [0.1, 0.15) is 6.10 Å². The molecule has 25 heavy (non-hydrogen) atoms. The number of hydrogen-bond donors (Lipinski definition) is 0. The molecule has 0 spiro atoms. The average Bonchev–Trinajstić information content (AvgIpc) is 2.61. The lowest BCUT2D eigenvalue weighted by Gasteiger charge is -2.37. The summed E-state index contributed by atoms with van der Waals surface area (Å²) in [6.45, 7) is 4.62. The van der Waals surface area contributed by atoms with Gasteiger partial charge in [-0.3, -0.25) is 4.79 Å². The topological polar surface area (TPSA) is 66.9 Å². The second-order valence-corrected chi connectivity index (χ2v) is 8.92. The number of carbonyl (C=O) groups is 1. The minimum Gasteiger partial charge on any atom is -0.370 e. The van der Waals surface area contributed by atoms with Gasteiger partial charge in [0.2, 0.25) is 15.9 Å². The predicted octanol–water partition coefficient (Wildman–Crippen LogP) is 1.57. The summed E-state index contributed by atoms with van der Waals surface area (Å²) >= 11 is 0. The van der Waals surface area contributed by atoms with E-state index < -0.39 is 10.0 Å². The molecule has 1 aromatic carbocycles. The van der Waals surface area contributed by atoms with Crippen LogP contribution in [-0.4, -0.2) is 62.6 Å². The van der Waals surface area contributed by atoms with E-state index in [1.165, 1.54) is 16.1 Å². The highest BCUT2D eigenvalue weighted by Crippen LogP contribution is 2.28. The molecule has 3 rings (SSSR count). The number of carbonyl (C=O) groups excluding carboxylic acids is 1. The Hall–Kier alpha value is -1.44. The first-order valence-corrected chi connectivity index (χ1v) is 10.6. The van der Waals surface area contributed by atoms with Crippen LogP contribution in [0, 0.1) is 12.8 Å². The molecule has 2 aliphatic heterocycles. The fourth-order valence-corrected chi connectivity index (χ4v) is 4.55. The molecule has 2 fully saturated rings. The van der Waals surface area contributed by atoms with Crippen LogP contribution in [0.2, 0.25) is 0 Å². The molecule has 2 aliphatic rings. The molecule has 6 nitrogen and oxygen atoms in total. The van der Waals surface area contributed by atoms with E-state index in [1.807, 2.05) is 17.0 Å². The van der Waals surface area contributed by atoms with Crippen molar-refractivity contribution in [2.45, 2.75) is 25.9 Å². The Morgan fingerprint density at radius 2 is 1.84 bits per heavy atom. The van der Waals surface area contributed by atoms with E-state index in [1.54, 1.807) is 0 Å². The standard InChI is InChI=1S/C18H26N2O4S/c1-14-5-3-4-6-16(14)17-13-19(11-12-24-17)18(21)15-7-9-20(10-8-15)25(2,22)23/h3-6,15,17H,7-13H2,1-2H3. The number of rotatable bonds is 3. The van der Waals surface area contributed by atoms with Gasteiger partial charge in [-0.1, -0.05) is 24.3 Å². The van der Waals surface area contributed by atoms with E-state index in [0.717, 1.165) is 5.56 Å². The van der Waals surface area contributed by atoms with Gasteiger partial charge >= 0.3 is 0 Å². The SMILES string of the molecule is Cc1ccccc1C1CN(C(=O)C2CCN(S(C)(=O)=O)CC2)CCO1. The molecule has 0 bridgehead atoms. The highest BCUT2D eigenvalue weighted by Gasteiger charge is 2.34. The second kappa shape index (κ2) is 7.43. The maximum atomic E-state index is 12.9. The van der Waals surface area contributed by atoms with Crippen LogP contribution < -0.4 is 0 Å². The van der Waals surface area contributed by atoms with Crippen molar-refractivity contribution in [2.24, 2.45) is 5.92 Å². The van der Waals surface area contributed by atoms with Crippen LogP contribution in [0.1, 0.15) is 30.1 Å². The fourth-order valence-electron chi connectivity index (χ4n) is 3.68. The number of ether oxygens (including phenoxy) is 1. The van der Waals surface area contributed by atoms with Crippen molar-refractivity contribution in [1.29, 1.82) is 0 Å².